The number of fused-ring (bicyclic) bond motifs is 4. The van der Waals surface area contributed by atoms with Crippen LogP contribution in [0.15, 0.2) is 54.6 Å². The molecule has 0 saturated carbocycles. The molecule has 1 aliphatic rings. The lowest BCUT2D eigenvalue weighted by Crippen LogP contribution is -2.31. The molecule has 1 N–H and O–H groups in total. The van der Waals surface area contributed by atoms with Crippen molar-refractivity contribution in [3.8, 4) is 11.3 Å². The highest BCUT2D eigenvalue weighted by Gasteiger charge is 2.39. The lowest BCUT2D eigenvalue weighted by molar-refractivity contribution is 0.0983. The summed E-state index contributed by atoms with van der Waals surface area (Å²) >= 11 is 0. The molecule has 0 amide bonds. The van der Waals surface area contributed by atoms with E-state index in [-0.39, 0.29) is 5.41 Å². The van der Waals surface area contributed by atoms with Gasteiger partial charge in [-0.05, 0) is 17.7 Å². The Labute approximate surface area is 124 Å². The molecule has 0 aliphatic heterocycles. The maximum absolute atomic E-state index is 10.9. The van der Waals surface area contributed by atoms with Crippen LogP contribution in [0.1, 0.15) is 31.1 Å². The van der Waals surface area contributed by atoms with Crippen LogP contribution in [0.25, 0.3) is 22.2 Å². The first kappa shape index (κ1) is 12.5. The summed E-state index contributed by atoms with van der Waals surface area (Å²) in [5.74, 6) is 0. The SMILES string of the molecule is CC1(C)c2ccccc2-c2nc3ccccc3cc2[C@@H]1O. The van der Waals surface area contributed by atoms with Crippen molar-refractivity contribution in [2.24, 2.45) is 0 Å². The first-order valence-corrected chi connectivity index (χ1v) is 7.26. The standard InChI is InChI=1S/C19H17NO/c1-19(2)15-9-5-4-8-13(15)17-14(18(19)21)11-12-7-3-6-10-16(12)20-17/h3-11,18,21H,1-2H3/t18-/m0/s1. The van der Waals surface area contributed by atoms with Crippen LogP contribution in [0, 0.1) is 0 Å². The van der Waals surface area contributed by atoms with Crippen LogP contribution in [0.2, 0.25) is 0 Å². The molecule has 1 aliphatic carbocycles. The summed E-state index contributed by atoms with van der Waals surface area (Å²) in [5, 5.41) is 11.9. The highest BCUT2D eigenvalue weighted by atomic mass is 16.3. The molecule has 3 aromatic rings. The van der Waals surface area contributed by atoms with Gasteiger partial charge in [0, 0.05) is 21.9 Å². The van der Waals surface area contributed by atoms with Crippen LogP contribution >= 0.6 is 0 Å². The van der Waals surface area contributed by atoms with Crippen LogP contribution in [-0.4, -0.2) is 10.1 Å². The summed E-state index contributed by atoms with van der Waals surface area (Å²) in [7, 11) is 0. The van der Waals surface area contributed by atoms with Crippen molar-refractivity contribution < 1.29 is 5.11 Å². The highest BCUT2D eigenvalue weighted by molar-refractivity contribution is 5.85. The second kappa shape index (κ2) is 4.15. The monoisotopic (exact) mass is 275 g/mol. The van der Waals surface area contributed by atoms with E-state index in [1.54, 1.807) is 0 Å². The summed E-state index contributed by atoms with van der Waals surface area (Å²) in [6.45, 7) is 4.18. The summed E-state index contributed by atoms with van der Waals surface area (Å²) in [4.78, 5) is 4.81. The van der Waals surface area contributed by atoms with Crippen LogP contribution in [0.4, 0.5) is 0 Å². The van der Waals surface area contributed by atoms with Gasteiger partial charge in [0.25, 0.3) is 0 Å². The number of benzene rings is 2. The van der Waals surface area contributed by atoms with Crippen molar-refractivity contribution >= 4 is 10.9 Å². The Morgan fingerprint density at radius 2 is 1.71 bits per heavy atom. The molecule has 0 unspecified atom stereocenters. The third-order valence-electron chi connectivity index (χ3n) is 4.61. The minimum Gasteiger partial charge on any atom is -0.387 e. The fourth-order valence-corrected chi connectivity index (χ4v) is 3.34. The zero-order chi connectivity index (χ0) is 14.6. The lowest BCUT2D eigenvalue weighted by atomic mass is 9.69. The summed E-state index contributed by atoms with van der Waals surface area (Å²) < 4.78 is 0. The molecular weight excluding hydrogens is 258 g/mol. The van der Waals surface area contributed by atoms with Gasteiger partial charge >= 0.3 is 0 Å². The lowest BCUT2D eigenvalue weighted by Gasteiger charge is -2.38. The predicted molar refractivity (Wildman–Crippen MR) is 85.2 cm³/mol. The minimum absolute atomic E-state index is 0.312. The van der Waals surface area contributed by atoms with Gasteiger partial charge in [-0.3, -0.25) is 0 Å². The largest absolute Gasteiger partial charge is 0.387 e. The summed E-state index contributed by atoms with van der Waals surface area (Å²) in [6, 6.07) is 18.4. The molecule has 1 aromatic heterocycles. The highest BCUT2D eigenvalue weighted by Crippen LogP contribution is 2.48. The normalized spacial score (nSPS) is 19.1. The Bertz CT molecular complexity index is 851. The van der Waals surface area contributed by atoms with Gasteiger partial charge in [-0.2, -0.15) is 0 Å². The van der Waals surface area contributed by atoms with E-state index in [1.165, 1.54) is 0 Å². The molecule has 2 heteroatoms. The zero-order valence-corrected chi connectivity index (χ0v) is 12.2. The van der Waals surface area contributed by atoms with Crippen LogP contribution in [-0.2, 0) is 5.41 Å². The second-order valence-corrected chi connectivity index (χ2v) is 6.29. The van der Waals surface area contributed by atoms with Crippen molar-refractivity contribution in [1.29, 1.82) is 0 Å². The average Bonchev–Trinajstić information content (AvgIpc) is 2.52. The Hall–Kier alpha value is -2.19. The number of pyridine rings is 1. The maximum Gasteiger partial charge on any atom is 0.0902 e. The number of aromatic nitrogens is 1. The van der Waals surface area contributed by atoms with Gasteiger partial charge in [0.2, 0.25) is 0 Å². The van der Waals surface area contributed by atoms with Crippen molar-refractivity contribution in [1.82, 2.24) is 4.98 Å². The van der Waals surface area contributed by atoms with Gasteiger partial charge in [-0.15, -0.1) is 0 Å². The van der Waals surface area contributed by atoms with E-state index >= 15 is 0 Å². The number of hydrogen-bond acceptors (Lipinski definition) is 2. The topological polar surface area (TPSA) is 33.1 Å². The molecule has 0 fully saturated rings. The Morgan fingerprint density at radius 1 is 1.00 bits per heavy atom. The second-order valence-electron chi connectivity index (χ2n) is 6.29. The molecule has 0 saturated heterocycles. The van der Waals surface area contributed by atoms with Crippen LogP contribution in [0.5, 0.6) is 0 Å². The number of hydrogen-bond donors (Lipinski definition) is 1. The number of aliphatic hydroxyl groups is 1. The molecule has 0 radical (unpaired) electrons. The van der Waals surface area contributed by atoms with Crippen molar-refractivity contribution in [2.75, 3.05) is 0 Å². The quantitative estimate of drug-likeness (QED) is 0.666. The molecule has 4 rings (SSSR count). The van der Waals surface area contributed by atoms with Crippen LogP contribution in [0.3, 0.4) is 0 Å². The predicted octanol–water partition coefficient (Wildman–Crippen LogP) is 4.23. The number of nitrogens with zero attached hydrogens (tertiary/aromatic N) is 1. The van der Waals surface area contributed by atoms with Crippen molar-refractivity contribution in [3.63, 3.8) is 0 Å². The first-order chi connectivity index (χ1) is 10.1. The van der Waals surface area contributed by atoms with E-state index in [4.69, 9.17) is 4.98 Å². The van der Waals surface area contributed by atoms with E-state index in [2.05, 4.69) is 32.0 Å². The van der Waals surface area contributed by atoms with E-state index in [9.17, 15) is 5.11 Å². The van der Waals surface area contributed by atoms with Gasteiger partial charge in [0.05, 0.1) is 17.3 Å². The van der Waals surface area contributed by atoms with Gasteiger partial charge in [0.1, 0.15) is 0 Å². The van der Waals surface area contributed by atoms with Gasteiger partial charge in [-0.1, -0.05) is 56.3 Å². The third-order valence-corrected chi connectivity index (χ3v) is 4.61. The van der Waals surface area contributed by atoms with E-state index in [0.717, 1.165) is 33.3 Å². The first-order valence-electron chi connectivity index (χ1n) is 7.26. The molecule has 1 heterocycles. The van der Waals surface area contributed by atoms with E-state index in [0.29, 0.717) is 0 Å². The molecule has 21 heavy (non-hydrogen) atoms. The Morgan fingerprint density at radius 3 is 2.57 bits per heavy atom. The van der Waals surface area contributed by atoms with E-state index < -0.39 is 6.10 Å². The van der Waals surface area contributed by atoms with Gasteiger partial charge < -0.3 is 5.11 Å². The molecule has 104 valence electrons. The van der Waals surface area contributed by atoms with Gasteiger partial charge in [-0.25, -0.2) is 4.98 Å². The molecular formula is C19H17NO. The van der Waals surface area contributed by atoms with Gasteiger partial charge in [0.15, 0.2) is 0 Å². The van der Waals surface area contributed by atoms with Crippen molar-refractivity contribution in [3.05, 3.63) is 65.7 Å². The molecule has 2 nitrogen and oxygen atoms in total. The fraction of sp³-hybridized carbons (Fsp3) is 0.211. The summed E-state index contributed by atoms with van der Waals surface area (Å²) in [6.07, 6.45) is -0.542. The molecule has 2 aromatic carbocycles. The van der Waals surface area contributed by atoms with Crippen molar-refractivity contribution in [2.45, 2.75) is 25.4 Å². The maximum atomic E-state index is 10.9. The fourth-order valence-electron chi connectivity index (χ4n) is 3.34. The van der Waals surface area contributed by atoms with E-state index in [1.807, 2.05) is 36.4 Å². The number of para-hydroxylation sites is 1. The minimum atomic E-state index is -0.542. The molecule has 1 atom stereocenters. The molecule has 0 bridgehead atoms. The zero-order valence-electron chi connectivity index (χ0n) is 12.2. The third kappa shape index (κ3) is 1.66. The molecule has 0 spiro atoms. The smallest absolute Gasteiger partial charge is 0.0902 e. The Kier molecular flexibility index (Phi) is 2.48. The average molecular weight is 275 g/mol. The Balaban J connectivity index is 2.12. The number of rotatable bonds is 0. The van der Waals surface area contributed by atoms with Crippen LogP contribution < -0.4 is 0 Å². The number of aliphatic hydroxyl groups excluding tert-OH is 1. The summed E-state index contributed by atoms with van der Waals surface area (Å²) in [5.41, 5.74) is 4.79.